The molecule has 5 N–H and O–H groups in total. The summed E-state index contributed by atoms with van der Waals surface area (Å²) < 4.78 is 42.8. The van der Waals surface area contributed by atoms with Crippen molar-refractivity contribution in [3.05, 3.63) is 52.7 Å². The molecule has 1 aliphatic carbocycles. The van der Waals surface area contributed by atoms with Gasteiger partial charge >= 0.3 is 12.2 Å². The van der Waals surface area contributed by atoms with E-state index in [1.807, 2.05) is 0 Å². The third-order valence-electron chi connectivity index (χ3n) is 7.51. The Kier molecular flexibility index (Phi) is 8.53. The van der Waals surface area contributed by atoms with Gasteiger partial charge in [0.25, 0.3) is 11.8 Å². The number of urea groups is 1. The number of alkyl halides is 3. The van der Waals surface area contributed by atoms with Crippen LogP contribution in [-0.2, 0) is 19.8 Å². The summed E-state index contributed by atoms with van der Waals surface area (Å²) >= 11 is 6.34. The zero-order valence-corrected chi connectivity index (χ0v) is 24.1. The molecule has 13 nitrogen and oxygen atoms in total. The number of aromatic nitrogens is 4. The number of likely N-dealkylation sites (tertiary alicyclic amines) is 1. The van der Waals surface area contributed by atoms with Gasteiger partial charge in [0.15, 0.2) is 11.5 Å². The van der Waals surface area contributed by atoms with Gasteiger partial charge in [0.1, 0.15) is 6.54 Å². The van der Waals surface area contributed by atoms with Crippen LogP contribution in [0.4, 0.5) is 23.7 Å². The maximum atomic E-state index is 13.6. The minimum absolute atomic E-state index is 0.00495. The van der Waals surface area contributed by atoms with Gasteiger partial charge in [-0.2, -0.15) is 23.5 Å². The molecule has 0 bridgehead atoms. The Morgan fingerprint density at radius 3 is 2.55 bits per heavy atom. The lowest BCUT2D eigenvalue weighted by molar-refractivity contribution is -0.141. The number of carbonyl (C=O) groups is 3. The fourth-order valence-electron chi connectivity index (χ4n) is 5.16. The van der Waals surface area contributed by atoms with Gasteiger partial charge in [-0.15, -0.1) is 0 Å². The van der Waals surface area contributed by atoms with Crippen molar-refractivity contribution in [2.24, 2.45) is 12.8 Å². The molecule has 3 aromatic rings. The first-order valence-electron chi connectivity index (χ1n) is 13.6. The molecule has 0 spiro atoms. The maximum Gasteiger partial charge on any atom is 0.435 e. The zero-order valence-electron chi connectivity index (χ0n) is 23.4. The number of nitrogens with zero attached hydrogens (tertiary/aromatic N) is 6. The maximum absolute atomic E-state index is 13.6. The van der Waals surface area contributed by atoms with E-state index in [1.54, 1.807) is 11.0 Å². The van der Waals surface area contributed by atoms with Crippen molar-refractivity contribution >= 4 is 35.1 Å². The van der Waals surface area contributed by atoms with Crippen LogP contribution in [0.25, 0.3) is 11.3 Å². The molecule has 1 atom stereocenters. The zero-order chi connectivity index (χ0) is 31.8. The molecule has 2 aliphatic rings. The number of carbonyl (C=O) groups excluding carboxylic acids is 3. The van der Waals surface area contributed by atoms with E-state index in [-0.39, 0.29) is 57.5 Å². The summed E-state index contributed by atoms with van der Waals surface area (Å²) in [6.07, 6.45) is -0.716. The van der Waals surface area contributed by atoms with Crippen molar-refractivity contribution in [3.8, 4) is 17.3 Å². The SMILES string of the molecule is Cn1c(-c2cn(CC#N)nc2C(F)(F)F)cnc1C(=O)Nc1ccc(C(=O)N[C@H]2C[C@@H](NC(=O)N3CC[C@@H](N)C3)C2)c(Cl)c1. The van der Waals surface area contributed by atoms with Crippen LogP contribution in [0.2, 0.25) is 5.02 Å². The molecule has 3 heterocycles. The Hall–Kier alpha value is -4.62. The van der Waals surface area contributed by atoms with Crippen LogP contribution in [0, 0.1) is 11.3 Å². The molecule has 1 aromatic carbocycles. The van der Waals surface area contributed by atoms with E-state index in [0.717, 1.165) is 23.5 Å². The Morgan fingerprint density at radius 2 is 1.91 bits per heavy atom. The third-order valence-corrected chi connectivity index (χ3v) is 7.83. The predicted molar refractivity (Wildman–Crippen MR) is 151 cm³/mol. The van der Waals surface area contributed by atoms with Gasteiger partial charge in [-0.05, 0) is 37.5 Å². The van der Waals surface area contributed by atoms with Crippen LogP contribution >= 0.6 is 11.6 Å². The molecule has 17 heteroatoms. The average Bonchev–Trinajstić information content (AvgIpc) is 3.65. The molecule has 44 heavy (non-hydrogen) atoms. The number of nitriles is 1. The Balaban J connectivity index is 1.18. The highest BCUT2D eigenvalue weighted by Gasteiger charge is 2.39. The molecule has 0 radical (unpaired) electrons. The van der Waals surface area contributed by atoms with Crippen molar-refractivity contribution in [2.75, 3.05) is 18.4 Å². The van der Waals surface area contributed by atoms with Crippen molar-refractivity contribution in [1.82, 2.24) is 34.9 Å². The van der Waals surface area contributed by atoms with Crippen molar-refractivity contribution in [1.29, 1.82) is 5.26 Å². The third kappa shape index (κ3) is 6.48. The molecule has 1 saturated heterocycles. The monoisotopic (exact) mass is 632 g/mol. The number of imidazole rings is 1. The van der Waals surface area contributed by atoms with Gasteiger partial charge in [0.2, 0.25) is 0 Å². The molecule has 4 amide bonds. The number of nitrogens with two attached hydrogens (primary N) is 1. The summed E-state index contributed by atoms with van der Waals surface area (Å²) in [5.41, 5.74) is 4.68. The van der Waals surface area contributed by atoms with Gasteiger partial charge in [0, 0.05) is 50.1 Å². The van der Waals surface area contributed by atoms with Crippen LogP contribution in [0.15, 0.2) is 30.6 Å². The molecular weight excluding hydrogens is 605 g/mol. The summed E-state index contributed by atoms with van der Waals surface area (Å²) in [4.78, 5) is 43.7. The lowest BCUT2D eigenvalue weighted by atomic mass is 9.86. The topological polar surface area (TPSA) is 176 Å². The second-order valence-corrected chi connectivity index (χ2v) is 11.1. The number of halogens is 4. The first-order chi connectivity index (χ1) is 20.8. The van der Waals surface area contributed by atoms with E-state index in [1.165, 1.54) is 29.8 Å². The molecule has 2 fully saturated rings. The largest absolute Gasteiger partial charge is 0.435 e. The molecule has 1 saturated carbocycles. The number of nitrogens with one attached hydrogen (secondary N) is 3. The standard InChI is InChI=1S/C27H28ClF3N10O3/c1-39-21(19-13-41(7-5-32)38-22(19)27(29,30)31)11-34-23(39)25(43)35-15-2-3-18(20(28)10-15)24(42)36-16-8-17(9-16)37-26(44)40-6-4-14(33)12-40/h2-3,10-11,13-14,16-17H,4,6-9,12,33H2,1H3,(H,35,43)(H,36,42)(H,37,44)/t14-,16-,17+/m1/s1. The highest BCUT2D eigenvalue weighted by atomic mass is 35.5. The molecule has 232 valence electrons. The molecule has 5 rings (SSSR count). The van der Waals surface area contributed by atoms with Crippen molar-refractivity contribution in [3.63, 3.8) is 0 Å². The Labute approximate surface area is 254 Å². The van der Waals surface area contributed by atoms with Crippen LogP contribution < -0.4 is 21.7 Å². The summed E-state index contributed by atoms with van der Waals surface area (Å²) in [5, 5.41) is 20.8. The van der Waals surface area contributed by atoms with Gasteiger partial charge in [-0.1, -0.05) is 11.6 Å². The second-order valence-electron chi connectivity index (χ2n) is 10.7. The van der Waals surface area contributed by atoms with E-state index >= 15 is 0 Å². The summed E-state index contributed by atoms with van der Waals surface area (Å²) in [6.45, 7) is 0.754. The average molecular weight is 633 g/mol. The summed E-state index contributed by atoms with van der Waals surface area (Å²) in [6, 6.07) is 5.63. The lowest BCUT2D eigenvalue weighted by Crippen LogP contribution is -2.56. The van der Waals surface area contributed by atoms with Crippen LogP contribution in [-0.4, -0.2) is 73.3 Å². The first kappa shape index (κ1) is 30.8. The summed E-state index contributed by atoms with van der Waals surface area (Å²) in [7, 11) is 1.37. The minimum atomic E-state index is -4.80. The highest BCUT2D eigenvalue weighted by Crippen LogP contribution is 2.36. The Bertz CT molecular complexity index is 1640. The van der Waals surface area contributed by atoms with E-state index in [9.17, 15) is 27.6 Å². The molecular formula is C27H28ClF3N10O3. The van der Waals surface area contributed by atoms with E-state index < -0.39 is 30.2 Å². The van der Waals surface area contributed by atoms with E-state index in [2.05, 4.69) is 26.0 Å². The second kappa shape index (κ2) is 12.2. The molecule has 1 aliphatic heterocycles. The van der Waals surface area contributed by atoms with Crippen LogP contribution in [0.3, 0.4) is 0 Å². The quantitative estimate of drug-likeness (QED) is 0.309. The van der Waals surface area contributed by atoms with Gasteiger partial charge in [0.05, 0.1) is 34.1 Å². The molecule has 0 unspecified atom stereocenters. The van der Waals surface area contributed by atoms with Crippen LogP contribution in [0.5, 0.6) is 0 Å². The minimum Gasteiger partial charge on any atom is -0.349 e. The van der Waals surface area contributed by atoms with Crippen LogP contribution in [0.1, 0.15) is 45.9 Å². The van der Waals surface area contributed by atoms with Gasteiger partial charge in [-0.25, -0.2) is 9.78 Å². The van der Waals surface area contributed by atoms with Crippen molar-refractivity contribution in [2.45, 2.75) is 50.1 Å². The number of hydrogen-bond acceptors (Lipinski definition) is 7. The lowest BCUT2D eigenvalue weighted by Gasteiger charge is -2.37. The van der Waals surface area contributed by atoms with Gasteiger partial charge in [-0.3, -0.25) is 14.3 Å². The van der Waals surface area contributed by atoms with Gasteiger partial charge < -0.3 is 31.2 Å². The predicted octanol–water partition coefficient (Wildman–Crippen LogP) is 2.74. The normalized spacial score (nSPS) is 19.7. The summed E-state index contributed by atoms with van der Waals surface area (Å²) in [5.74, 6) is -1.35. The highest BCUT2D eigenvalue weighted by molar-refractivity contribution is 6.34. The molecule has 2 aromatic heterocycles. The fraction of sp³-hybridized carbons (Fsp3) is 0.407. The number of hydrogen-bond donors (Lipinski definition) is 4. The van der Waals surface area contributed by atoms with E-state index in [4.69, 9.17) is 22.6 Å². The smallest absolute Gasteiger partial charge is 0.349 e. The van der Waals surface area contributed by atoms with E-state index in [0.29, 0.717) is 25.9 Å². The number of benzene rings is 1. The number of anilines is 1. The number of rotatable bonds is 7. The fourth-order valence-corrected chi connectivity index (χ4v) is 5.43. The van der Waals surface area contributed by atoms with Crippen molar-refractivity contribution < 1.29 is 27.6 Å². The number of amides is 4. The Morgan fingerprint density at radius 1 is 1.18 bits per heavy atom. The first-order valence-corrected chi connectivity index (χ1v) is 14.0.